The molecule has 1 aromatic carbocycles. The second-order valence-electron chi connectivity index (χ2n) is 3.79. The summed E-state index contributed by atoms with van der Waals surface area (Å²) in [5, 5.41) is 1.97. The summed E-state index contributed by atoms with van der Waals surface area (Å²) in [5.41, 5.74) is 3.37. The van der Waals surface area contributed by atoms with Crippen molar-refractivity contribution in [2.24, 2.45) is 5.84 Å². The Morgan fingerprint density at radius 2 is 2.11 bits per heavy atom. The topological polar surface area (TPSA) is 38.0 Å². The summed E-state index contributed by atoms with van der Waals surface area (Å²) >= 11 is 8.40. The largest absolute Gasteiger partial charge is 0.271 e. The third-order valence-corrected chi connectivity index (χ3v) is 5.07. The fourth-order valence-corrected chi connectivity index (χ4v) is 3.82. The monoisotopic (exact) mass is 392 g/mol. The van der Waals surface area contributed by atoms with Crippen LogP contribution in [0.15, 0.2) is 38.6 Å². The average molecular weight is 394 g/mol. The van der Waals surface area contributed by atoms with Crippen molar-refractivity contribution in [1.29, 1.82) is 0 Å². The van der Waals surface area contributed by atoms with Gasteiger partial charge in [-0.2, -0.15) is 0 Å². The van der Waals surface area contributed by atoms with E-state index in [0.717, 1.165) is 13.8 Å². The van der Waals surface area contributed by atoms with Gasteiger partial charge in [0.1, 0.15) is 5.82 Å². The van der Waals surface area contributed by atoms with E-state index in [2.05, 4.69) is 37.3 Å². The van der Waals surface area contributed by atoms with Gasteiger partial charge >= 0.3 is 0 Å². The Hall–Kier alpha value is -0.270. The van der Waals surface area contributed by atoms with Gasteiger partial charge in [-0.15, -0.1) is 11.3 Å². The molecule has 2 nitrogen and oxygen atoms in total. The highest BCUT2D eigenvalue weighted by Crippen LogP contribution is 2.31. The van der Waals surface area contributed by atoms with Crippen molar-refractivity contribution in [1.82, 2.24) is 5.43 Å². The minimum atomic E-state index is -0.217. The van der Waals surface area contributed by atoms with E-state index in [9.17, 15) is 4.39 Å². The van der Waals surface area contributed by atoms with Gasteiger partial charge in [0.05, 0.1) is 6.04 Å². The number of benzene rings is 1. The van der Waals surface area contributed by atoms with Crippen LogP contribution in [0.25, 0.3) is 0 Å². The molecule has 3 N–H and O–H groups in total. The molecule has 0 aliphatic heterocycles. The molecule has 1 atom stereocenters. The van der Waals surface area contributed by atoms with Crippen molar-refractivity contribution in [3.05, 3.63) is 54.8 Å². The zero-order chi connectivity index (χ0) is 13.1. The normalized spacial score (nSPS) is 12.7. The zero-order valence-electron chi connectivity index (χ0n) is 9.29. The van der Waals surface area contributed by atoms with Crippen molar-refractivity contribution in [2.75, 3.05) is 0 Å². The van der Waals surface area contributed by atoms with Crippen LogP contribution in [-0.4, -0.2) is 0 Å². The molecule has 0 fully saturated rings. The van der Waals surface area contributed by atoms with Crippen molar-refractivity contribution in [2.45, 2.75) is 12.5 Å². The summed E-state index contributed by atoms with van der Waals surface area (Å²) in [6, 6.07) is 6.77. The summed E-state index contributed by atoms with van der Waals surface area (Å²) in [6.07, 6.45) is 0.501. The molecule has 1 heterocycles. The third-order valence-electron chi connectivity index (χ3n) is 2.59. The first-order chi connectivity index (χ1) is 8.61. The lowest BCUT2D eigenvalue weighted by Gasteiger charge is -2.15. The maximum absolute atomic E-state index is 13.7. The van der Waals surface area contributed by atoms with Gasteiger partial charge in [-0.05, 0) is 57.6 Å². The third kappa shape index (κ3) is 3.19. The lowest BCUT2D eigenvalue weighted by Crippen LogP contribution is -2.29. The average Bonchev–Trinajstić information content (AvgIpc) is 2.77. The molecule has 0 saturated carbocycles. The van der Waals surface area contributed by atoms with Crippen molar-refractivity contribution >= 4 is 43.2 Å². The summed E-state index contributed by atoms with van der Waals surface area (Å²) < 4.78 is 15.6. The number of thiophene rings is 1. The van der Waals surface area contributed by atoms with Crippen LogP contribution in [0, 0.1) is 5.82 Å². The molecule has 0 saturated heterocycles. The molecule has 2 aromatic rings. The Morgan fingerprint density at radius 3 is 2.72 bits per heavy atom. The number of nitrogens with two attached hydrogens (primary N) is 1. The molecule has 6 heteroatoms. The van der Waals surface area contributed by atoms with Crippen molar-refractivity contribution in [3.63, 3.8) is 0 Å². The highest BCUT2D eigenvalue weighted by Gasteiger charge is 2.17. The van der Waals surface area contributed by atoms with Crippen LogP contribution in [0.2, 0.25) is 0 Å². The molecule has 0 radical (unpaired) electrons. The van der Waals surface area contributed by atoms with E-state index in [1.165, 1.54) is 6.07 Å². The van der Waals surface area contributed by atoms with E-state index in [-0.39, 0.29) is 11.9 Å². The molecular weight excluding hydrogens is 383 g/mol. The molecule has 0 spiro atoms. The Kier molecular flexibility index (Phi) is 4.91. The van der Waals surface area contributed by atoms with Crippen LogP contribution in [0.1, 0.15) is 16.5 Å². The lowest BCUT2D eigenvalue weighted by atomic mass is 10.0. The molecule has 96 valence electrons. The van der Waals surface area contributed by atoms with Gasteiger partial charge in [0.2, 0.25) is 0 Å². The zero-order valence-corrected chi connectivity index (χ0v) is 13.3. The number of hydrazine groups is 1. The quantitative estimate of drug-likeness (QED) is 0.604. The summed E-state index contributed by atoms with van der Waals surface area (Å²) in [5.74, 6) is 5.35. The minimum Gasteiger partial charge on any atom is -0.271 e. The van der Waals surface area contributed by atoms with Crippen LogP contribution >= 0.6 is 43.2 Å². The Balaban J connectivity index is 2.26. The molecule has 0 aliphatic rings. The van der Waals surface area contributed by atoms with E-state index >= 15 is 0 Å². The number of hydrogen-bond donors (Lipinski definition) is 2. The number of hydrogen-bond acceptors (Lipinski definition) is 3. The molecule has 0 amide bonds. The van der Waals surface area contributed by atoms with E-state index in [1.54, 1.807) is 23.5 Å². The standard InChI is InChI=1S/C12H11Br2FN2S/c13-8-1-2-10(15)7(5-8)6-11(17-16)12-9(14)3-4-18-12/h1-5,11,17H,6,16H2. The van der Waals surface area contributed by atoms with Gasteiger partial charge in [0.15, 0.2) is 0 Å². The van der Waals surface area contributed by atoms with Gasteiger partial charge in [-0.1, -0.05) is 15.9 Å². The number of rotatable bonds is 4. The van der Waals surface area contributed by atoms with Gasteiger partial charge in [-0.25, -0.2) is 4.39 Å². The second kappa shape index (κ2) is 6.25. The van der Waals surface area contributed by atoms with Gasteiger partial charge in [0, 0.05) is 13.8 Å². The van der Waals surface area contributed by atoms with E-state index in [0.29, 0.717) is 12.0 Å². The van der Waals surface area contributed by atoms with Gasteiger partial charge in [-0.3, -0.25) is 11.3 Å². The van der Waals surface area contributed by atoms with E-state index in [4.69, 9.17) is 5.84 Å². The van der Waals surface area contributed by atoms with Crippen molar-refractivity contribution < 1.29 is 4.39 Å². The highest BCUT2D eigenvalue weighted by atomic mass is 79.9. The molecule has 0 aliphatic carbocycles. The molecule has 0 bridgehead atoms. The Bertz CT molecular complexity index is 545. The predicted molar refractivity (Wildman–Crippen MR) is 79.9 cm³/mol. The van der Waals surface area contributed by atoms with Crippen LogP contribution < -0.4 is 11.3 Å². The van der Waals surface area contributed by atoms with Crippen LogP contribution in [-0.2, 0) is 6.42 Å². The SMILES string of the molecule is NNC(Cc1cc(Br)ccc1F)c1sccc1Br. The fraction of sp³-hybridized carbons (Fsp3) is 0.167. The molecular formula is C12H11Br2FN2S. The van der Waals surface area contributed by atoms with Crippen LogP contribution in [0.5, 0.6) is 0 Å². The molecule has 18 heavy (non-hydrogen) atoms. The second-order valence-corrected chi connectivity index (χ2v) is 6.51. The van der Waals surface area contributed by atoms with Crippen molar-refractivity contribution in [3.8, 4) is 0 Å². The molecule has 1 aromatic heterocycles. The first kappa shape index (κ1) is 14.1. The summed E-state index contributed by atoms with van der Waals surface area (Å²) in [7, 11) is 0. The van der Waals surface area contributed by atoms with Crippen LogP contribution in [0.3, 0.4) is 0 Å². The summed E-state index contributed by atoms with van der Waals surface area (Å²) in [6.45, 7) is 0. The number of nitrogens with one attached hydrogen (secondary N) is 1. The van der Waals surface area contributed by atoms with Gasteiger partial charge in [0.25, 0.3) is 0 Å². The van der Waals surface area contributed by atoms with E-state index < -0.39 is 0 Å². The Labute approximate surface area is 126 Å². The first-order valence-electron chi connectivity index (χ1n) is 5.24. The number of halogens is 3. The molecule has 1 unspecified atom stereocenters. The Morgan fingerprint density at radius 1 is 1.33 bits per heavy atom. The maximum Gasteiger partial charge on any atom is 0.126 e. The molecule has 2 rings (SSSR count). The van der Waals surface area contributed by atoms with Crippen LogP contribution in [0.4, 0.5) is 4.39 Å². The maximum atomic E-state index is 13.7. The smallest absolute Gasteiger partial charge is 0.126 e. The van der Waals surface area contributed by atoms with E-state index in [1.807, 2.05) is 11.4 Å². The first-order valence-corrected chi connectivity index (χ1v) is 7.71. The minimum absolute atomic E-state index is 0.108. The predicted octanol–water partition coefficient (Wildman–Crippen LogP) is 4.16. The highest BCUT2D eigenvalue weighted by molar-refractivity contribution is 9.10. The van der Waals surface area contributed by atoms with Gasteiger partial charge < -0.3 is 0 Å². The summed E-state index contributed by atoms with van der Waals surface area (Å²) in [4.78, 5) is 1.07. The lowest BCUT2D eigenvalue weighted by molar-refractivity contribution is 0.534. The fourth-order valence-electron chi connectivity index (χ4n) is 1.70.